The Balaban J connectivity index is 1.88. The average Bonchev–Trinajstić information content (AvgIpc) is 2.77. The summed E-state index contributed by atoms with van der Waals surface area (Å²) in [6, 6.07) is 5.96. The molecule has 3 rings (SSSR count). The van der Waals surface area contributed by atoms with E-state index in [0.717, 1.165) is 12.1 Å². The number of amides is 1. The number of methoxy groups -OCH3 is 1. The number of carbonyl (C=O) groups is 1. The van der Waals surface area contributed by atoms with Gasteiger partial charge in [-0.15, -0.1) is 0 Å². The van der Waals surface area contributed by atoms with Gasteiger partial charge in [-0.1, -0.05) is 6.07 Å². The fourth-order valence-corrected chi connectivity index (χ4v) is 2.95. The second kappa shape index (κ2) is 9.92. The van der Waals surface area contributed by atoms with E-state index in [-0.39, 0.29) is 11.4 Å². The second-order valence-corrected chi connectivity index (χ2v) is 6.96. The molecule has 1 fully saturated rings. The van der Waals surface area contributed by atoms with E-state index in [1.165, 1.54) is 18.2 Å². The lowest BCUT2D eigenvalue weighted by Gasteiger charge is -2.28. The van der Waals surface area contributed by atoms with Crippen molar-refractivity contribution in [1.29, 1.82) is 0 Å². The van der Waals surface area contributed by atoms with Crippen LogP contribution in [-0.4, -0.2) is 69.5 Å². The zero-order valence-corrected chi connectivity index (χ0v) is 17.3. The molecule has 0 aliphatic carbocycles. The molecule has 31 heavy (non-hydrogen) atoms. The number of rotatable bonds is 7. The Morgan fingerprint density at radius 2 is 2.00 bits per heavy atom. The number of nitrogens with one attached hydrogen (secondary N) is 1. The number of ether oxygens (including phenoxy) is 2. The molecule has 0 unspecified atom stereocenters. The minimum absolute atomic E-state index is 0.0284. The van der Waals surface area contributed by atoms with E-state index < -0.39 is 17.6 Å². The molecule has 168 valence electrons. The second-order valence-electron chi connectivity index (χ2n) is 6.96. The molecule has 2 aromatic rings. The maximum atomic E-state index is 13.0. The monoisotopic (exact) mass is 439 g/mol. The minimum atomic E-state index is -4.50. The highest BCUT2D eigenvalue weighted by molar-refractivity contribution is 6.03. The number of carbonyl (C=O) groups excluding carboxylic acids is 1. The summed E-state index contributed by atoms with van der Waals surface area (Å²) in [7, 11) is 3.39. The highest BCUT2D eigenvalue weighted by Gasteiger charge is 2.30. The average molecular weight is 439 g/mol. The van der Waals surface area contributed by atoms with Gasteiger partial charge >= 0.3 is 6.18 Å². The molecule has 1 aliphatic rings. The summed E-state index contributed by atoms with van der Waals surface area (Å²) < 4.78 is 49.3. The van der Waals surface area contributed by atoms with Gasteiger partial charge in [0.2, 0.25) is 5.95 Å². The Bertz CT molecular complexity index is 904. The van der Waals surface area contributed by atoms with Gasteiger partial charge in [-0.3, -0.25) is 4.79 Å². The van der Waals surface area contributed by atoms with Crippen molar-refractivity contribution >= 4 is 23.4 Å². The standard InChI is InChI=1S/C20H24F3N5O3/c1-27(6-9-30-2)17-13-16(25-19(26-17)28-7-10-31-11-8-28)18(29)24-15-5-3-4-14(12-15)20(21,22)23/h3-5,12-13H,6-11H2,1-2H3,(H,24,29). The predicted octanol–water partition coefficient (Wildman–Crippen LogP) is 2.67. The van der Waals surface area contributed by atoms with Gasteiger partial charge in [0.05, 0.1) is 25.4 Å². The number of anilines is 3. The Morgan fingerprint density at radius 3 is 2.68 bits per heavy atom. The third-order valence-corrected chi connectivity index (χ3v) is 4.70. The van der Waals surface area contributed by atoms with Crippen molar-refractivity contribution in [1.82, 2.24) is 9.97 Å². The summed E-state index contributed by atoms with van der Waals surface area (Å²) in [5, 5.41) is 2.49. The molecule has 1 N–H and O–H groups in total. The maximum Gasteiger partial charge on any atom is 0.416 e. The van der Waals surface area contributed by atoms with E-state index in [9.17, 15) is 18.0 Å². The molecular weight excluding hydrogens is 415 g/mol. The number of alkyl halides is 3. The van der Waals surface area contributed by atoms with Crippen LogP contribution < -0.4 is 15.1 Å². The van der Waals surface area contributed by atoms with Gasteiger partial charge in [0.15, 0.2) is 0 Å². The van der Waals surface area contributed by atoms with Crippen LogP contribution in [0.25, 0.3) is 0 Å². The Labute approximate surface area is 178 Å². The summed E-state index contributed by atoms with van der Waals surface area (Å²) in [5.74, 6) is 0.236. The predicted molar refractivity (Wildman–Crippen MR) is 110 cm³/mol. The highest BCUT2D eigenvalue weighted by atomic mass is 19.4. The normalized spacial score (nSPS) is 14.4. The van der Waals surface area contributed by atoms with Crippen molar-refractivity contribution in [2.75, 3.05) is 68.7 Å². The van der Waals surface area contributed by atoms with Crippen molar-refractivity contribution in [2.24, 2.45) is 0 Å². The van der Waals surface area contributed by atoms with Gasteiger partial charge in [0, 0.05) is 45.5 Å². The summed E-state index contributed by atoms with van der Waals surface area (Å²) in [5.41, 5.74) is -0.768. The van der Waals surface area contributed by atoms with Gasteiger partial charge in [-0.25, -0.2) is 4.98 Å². The lowest BCUT2D eigenvalue weighted by molar-refractivity contribution is -0.137. The minimum Gasteiger partial charge on any atom is -0.383 e. The molecule has 0 bridgehead atoms. The molecule has 2 heterocycles. The number of aromatic nitrogens is 2. The van der Waals surface area contributed by atoms with Crippen LogP contribution in [0.2, 0.25) is 0 Å². The number of hydrogen-bond donors (Lipinski definition) is 1. The van der Waals surface area contributed by atoms with E-state index in [2.05, 4.69) is 15.3 Å². The molecule has 0 atom stereocenters. The van der Waals surface area contributed by atoms with Crippen LogP contribution in [0.4, 0.5) is 30.6 Å². The van der Waals surface area contributed by atoms with Crippen molar-refractivity contribution < 1.29 is 27.4 Å². The number of hydrogen-bond acceptors (Lipinski definition) is 7. The molecule has 0 spiro atoms. The van der Waals surface area contributed by atoms with Gasteiger partial charge in [-0.2, -0.15) is 18.2 Å². The third kappa shape index (κ3) is 6.05. The lowest BCUT2D eigenvalue weighted by atomic mass is 10.2. The first kappa shape index (κ1) is 22.8. The van der Waals surface area contributed by atoms with Crippen molar-refractivity contribution in [2.45, 2.75) is 6.18 Å². The van der Waals surface area contributed by atoms with Crippen LogP contribution in [0.15, 0.2) is 30.3 Å². The number of benzene rings is 1. The molecule has 1 amide bonds. The first-order valence-corrected chi connectivity index (χ1v) is 9.68. The zero-order valence-electron chi connectivity index (χ0n) is 17.3. The SMILES string of the molecule is COCCN(C)c1cc(C(=O)Nc2cccc(C(F)(F)F)c2)nc(N2CCOCC2)n1. The molecule has 11 heteroatoms. The van der Waals surface area contributed by atoms with Crippen molar-refractivity contribution in [3.05, 3.63) is 41.6 Å². The maximum absolute atomic E-state index is 13.0. The summed E-state index contributed by atoms with van der Waals surface area (Å²) in [4.78, 5) is 25.4. The van der Waals surface area contributed by atoms with E-state index in [4.69, 9.17) is 9.47 Å². The topological polar surface area (TPSA) is 79.8 Å². The number of halogens is 3. The van der Waals surface area contributed by atoms with Crippen LogP contribution in [-0.2, 0) is 15.7 Å². The first-order valence-electron chi connectivity index (χ1n) is 9.68. The summed E-state index contributed by atoms with van der Waals surface area (Å²) in [6.45, 7) is 3.15. The molecular formula is C20H24F3N5O3. The summed E-state index contributed by atoms with van der Waals surface area (Å²) >= 11 is 0. The molecule has 1 aromatic heterocycles. The quantitative estimate of drug-likeness (QED) is 0.711. The van der Waals surface area contributed by atoms with Crippen LogP contribution in [0.5, 0.6) is 0 Å². The molecule has 1 aromatic carbocycles. The number of nitrogens with zero attached hydrogens (tertiary/aromatic N) is 4. The summed E-state index contributed by atoms with van der Waals surface area (Å²) in [6.07, 6.45) is -4.50. The number of likely N-dealkylation sites (N-methyl/N-ethyl adjacent to an activating group) is 1. The van der Waals surface area contributed by atoms with Crippen molar-refractivity contribution in [3.63, 3.8) is 0 Å². The Kier molecular flexibility index (Phi) is 7.29. The van der Waals surface area contributed by atoms with Crippen LogP contribution in [0.3, 0.4) is 0 Å². The van der Waals surface area contributed by atoms with Crippen LogP contribution >= 0.6 is 0 Å². The van der Waals surface area contributed by atoms with Gasteiger partial charge < -0.3 is 24.6 Å². The highest BCUT2D eigenvalue weighted by Crippen LogP contribution is 2.30. The van der Waals surface area contributed by atoms with Crippen molar-refractivity contribution in [3.8, 4) is 0 Å². The molecule has 8 nitrogen and oxygen atoms in total. The Hall–Kier alpha value is -2.92. The molecule has 1 saturated heterocycles. The molecule has 1 aliphatic heterocycles. The number of morpholine rings is 1. The largest absolute Gasteiger partial charge is 0.416 e. The third-order valence-electron chi connectivity index (χ3n) is 4.70. The first-order chi connectivity index (χ1) is 14.8. The van der Waals surface area contributed by atoms with E-state index in [0.29, 0.717) is 51.2 Å². The molecule has 0 saturated carbocycles. The van der Waals surface area contributed by atoms with Gasteiger partial charge in [0.1, 0.15) is 11.5 Å². The zero-order chi connectivity index (χ0) is 22.4. The van der Waals surface area contributed by atoms with Crippen LogP contribution in [0.1, 0.15) is 16.1 Å². The van der Waals surface area contributed by atoms with Gasteiger partial charge in [0.25, 0.3) is 5.91 Å². The van der Waals surface area contributed by atoms with E-state index in [1.807, 2.05) is 9.80 Å². The fraction of sp³-hybridized carbons (Fsp3) is 0.450. The van der Waals surface area contributed by atoms with Crippen LogP contribution in [0, 0.1) is 0 Å². The fourth-order valence-electron chi connectivity index (χ4n) is 2.95. The lowest BCUT2D eigenvalue weighted by Crippen LogP contribution is -2.38. The molecule has 0 radical (unpaired) electrons. The van der Waals surface area contributed by atoms with E-state index in [1.54, 1.807) is 14.2 Å². The van der Waals surface area contributed by atoms with E-state index >= 15 is 0 Å². The Morgan fingerprint density at radius 1 is 1.26 bits per heavy atom. The van der Waals surface area contributed by atoms with Gasteiger partial charge in [-0.05, 0) is 18.2 Å². The smallest absolute Gasteiger partial charge is 0.383 e.